The molecule has 1 amide bonds. The minimum Gasteiger partial charge on any atom is -0.495 e. The Morgan fingerprint density at radius 1 is 1.17 bits per heavy atom. The van der Waals surface area contributed by atoms with Crippen LogP contribution in [0.4, 0.5) is 23.1 Å². The van der Waals surface area contributed by atoms with Crippen LogP contribution in [0.25, 0.3) is 0 Å². The number of nitrogens with one attached hydrogen (secondary N) is 2. The number of nitrogens with zero attached hydrogens (tertiary/aromatic N) is 5. The Kier molecular flexibility index (Phi) is 5.67. The maximum Gasteiger partial charge on any atom is 0.246 e. The van der Waals surface area contributed by atoms with E-state index in [4.69, 9.17) is 9.72 Å². The highest BCUT2D eigenvalue weighted by molar-refractivity contribution is 5.94. The lowest BCUT2D eigenvalue weighted by Gasteiger charge is -2.38. The number of carbonyl (C=O) groups excluding carboxylic acids is 1. The minimum atomic E-state index is -0.502. The van der Waals surface area contributed by atoms with Gasteiger partial charge in [-0.1, -0.05) is 12.8 Å². The average Bonchev–Trinajstić information content (AvgIpc) is 3.59. The molecule has 2 aromatic rings. The van der Waals surface area contributed by atoms with Crippen LogP contribution in [0.3, 0.4) is 0 Å². The predicted molar refractivity (Wildman–Crippen MR) is 137 cm³/mol. The number of anilines is 4. The number of hydrogen-bond donors (Lipinski definition) is 2. The molecule has 4 aliphatic rings. The molecule has 1 aromatic carbocycles. The lowest BCUT2D eigenvalue weighted by molar-refractivity contribution is -0.123. The van der Waals surface area contributed by atoms with Crippen molar-refractivity contribution in [3.8, 4) is 5.75 Å². The van der Waals surface area contributed by atoms with E-state index < -0.39 is 5.54 Å². The van der Waals surface area contributed by atoms with Crippen molar-refractivity contribution < 1.29 is 9.53 Å². The van der Waals surface area contributed by atoms with Crippen LogP contribution in [-0.4, -0.2) is 79.2 Å². The highest BCUT2D eigenvalue weighted by Crippen LogP contribution is 2.46. The number of rotatable bonds is 5. The molecule has 35 heavy (non-hydrogen) atoms. The van der Waals surface area contributed by atoms with Crippen LogP contribution in [0.15, 0.2) is 24.4 Å². The van der Waals surface area contributed by atoms with Crippen molar-refractivity contribution in [3.05, 3.63) is 30.0 Å². The largest absolute Gasteiger partial charge is 0.495 e. The van der Waals surface area contributed by atoms with Gasteiger partial charge in [0.05, 0.1) is 12.8 Å². The normalized spacial score (nSPS) is 24.8. The molecule has 1 spiro atoms. The Labute approximate surface area is 206 Å². The molecule has 186 valence electrons. The predicted octanol–water partition coefficient (Wildman–Crippen LogP) is 2.54. The molecule has 1 atom stereocenters. The molecule has 1 unspecified atom stereocenters. The van der Waals surface area contributed by atoms with Gasteiger partial charge in [0, 0.05) is 68.7 Å². The van der Waals surface area contributed by atoms with Gasteiger partial charge < -0.3 is 30.1 Å². The van der Waals surface area contributed by atoms with Gasteiger partial charge in [-0.2, -0.15) is 4.98 Å². The Bertz CT molecular complexity index is 1110. The number of likely N-dealkylation sites (N-methyl/N-ethyl adjacent to an activating group) is 1. The first-order valence-electron chi connectivity index (χ1n) is 12.9. The third-order valence-electron chi connectivity index (χ3n) is 8.23. The van der Waals surface area contributed by atoms with Crippen molar-refractivity contribution >= 4 is 29.0 Å². The van der Waals surface area contributed by atoms with Gasteiger partial charge in [-0.25, -0.2) is 4.98 Å². The van der Waals surface area contributed by atoms with Crippen molar-refractivity contribution in [2.75, 3.05) is 62.0 Å². The fourth-order valence-electron chi connectivity index (χ4n) is 6.33. The fraction of sp³-hybridized carbons (Fsp3) is 0.577. The molecule has 1 saturated carbocycles. The number of benzene rings is 1. The zero-order valence-electron chi connectivity index (χ0n) is 20.7. The molecule has 2 saturated heterocycles. The summed E-state index contributed by atoms with van der Waals surface area (Å²) in [4.78, 5) is 29.7. The Morgan fingerprint density at radius 2 is 1.97 bits per heavy atom. The second-order valence-electron chi connectivity index (χ2n) is 10.4. The Balaban J connectivity index is 1.27. The van der Waals surface area contributed by atoms with E-state index in [1.807, 2.05) is 12.3 Å². The van der Waals surface area contributed by atoms with Crippen LogP contribution in [0.2, 0.25) is 0 Å². The van der Waals surface area contributed by atoms with E-state index >= 15 is 0 Å². The lowest BCUT2D eigenvalue weighted by Crippen LogP contribution is -2.56. The van der Waals surface area contributed by atoms with Gasteiger partial charge in [-0.15, -0.1) is 0 Å². The molecule has 4 heterocycles. The van der Waals surface area contributed by atoms with Gasteiger partial charge in [0.25, 0.3) is 0 Å². The number of piperazine rings is 1. The topological polar surface area (TPSA) is 85.9 Å². The summed E-state index contributed by atoms with van der Waals surface area (Å²) >= 11 is 0. The molecular formula is C26H35N7O2. The van der Waals surface area contributed by atoms with Crippen molar-refractivity contribution in [2.45, 2.75) is 50.1 Å². The van der Waals surface area contributed by atoms with Gasteiger partial charge >= 0.3 is 0 Å². The first-order chi connectivity index (χ1) is 17.1. The molecule has 6 rings (SSSR count). The molecule has 9 heteroatoms. The van der Waals surface area contributed by atoms with Gasteiger partial charge in [0.15, 0.2) is 0 Å². The summed E-state index contributed by atoms with van der Waals surface area (Å²) < 4.78 is 5.75. The van der Waals surface area contributed by atoms with Gasteiger partial charge in [-0.3, -0.25) is 4.79 Å². The van der Waals surface area contributed by atoms with E-state index in [1.54, 1.807) is 7.11 Å². The Morgan fingerprint density at radius 3 is 2.69 bits per heavy atom. The number of hydrogen-bond acceptors (Lipinski definition) is 8. The molecule has 3 aliphatic heterocycles. The van der Waals surface area contributed by atoms with Gasteiger partial charge in [0.2, 0.25) is 11.9 Å². The number of fused-ring (bicyclic) bond motifs is 1. The van der Waals surface area contributed by atoms with Crippen molar-refractivity contribution in [1.29, 1.82) is 0 Å². The van der Waals surface area contributed by atoms with E-state index in [0.717, 1.165) is 80.5 Å². The zero-order chi connectivity index (χ0) is 24.0. The van der Waals surface area contributed by atoms with Crippen LogP contribution >= 0.6 is 0 Å². The highest BCUT2D eigenvalue weighted by Gasteiger charge is 2.55. The minimum absolute atomic E-state index is 0.140. The summed E-state index contributed by atoms with van der Waals surface area (Å²) in [5.74, 6) is 2.46. The van der Waals surface area contributed by atoms with Crippen molar-refractivity contribution in [3.63, 3.8) is 0 Å². The number of carbonyl (C=O) groups is 1. The van der Waals surface area contributed by atoms with Crippen molar-refractivity contribution in [1.82, 2.24) is 20.2 Å². The van der Waals surface area contributed by atoms with Gasteiger partial charge in [-0.05, 0) is 38.4 Å². The summed E-state index contributed by atoms with van der Waals surface area (Å²) in [7, 11) is 3.88. The SMILES string of the molecule is COc1cc(Nc2ncc3c(n2)N(C2CCCC2)C2(CCNC2=O)C3)ccc1N1CCN(C)CC1. The van der Waals surface area contributed by atoms with E-state index in [-0.39, 0.29) is 5.91 Å². The monoisotopic (exact) mass is 477 g/mol. The van der Waals surface area contributed by atoms with E-state index in [1.165, 1.54) is 12.8 Å². The molecule has 2 N–H and O–H groups in total. The van der Waals surface area contributed by atoms with Gasteiger partial charge in [0.1, 0.15) is 17.1 Å². The molecule has 0 bridgehead atoms. The molecule has 3 fully saturated rings. The summed E-state index contributed by atoms with van der Waals surface area (Å²) in [5, 5.41) is 6.47. The second-order valence-corrected chi connectivity index (χ2v) is 10.4. The third kappa shape index (κ3) is 3.86. The van der Waals surface area contributed by atoms with Crippen LogP contribution in [0.5, 0.6) is 5.75 Å². The summed E-state index contributed by atoms with van der Waals surface area (Å²) in [6.45, 7) is 4.79. The van der Waals surface area contributed by atoms with E-state index in [2.05, 4.69) is 49.5 Å². The molecule has 0 radical (unpaired) electrons. The van der Waals surface area contributed by atoms with Crippen LogP contribution in [-0.2, 0) is 11.2 Å². The Hall–Kier alpha value is -3.07. The maximum atomic E-state index is 13.0. The fourth-order valence-corrected chi connectivity index (χ4v) is 6.33. The number of methoxy groups -OCH3 is 1. The number of amides is 1. The van der Waals surface area contributed by atoms with Crippen LogP contribution in [0.1, 0.15) is 37.7 Å². The summed E-state index contributed by atoms with van der Waals surface area (Å²) in [6.07, 6.45) is 8.08. The average molecular weight is 478 g/mol. The summed E-state index contributed by atoms with van der Waals surface area (Å²) in [5.41, 5.74) is 2.57. The molecule has 9 nitrogen and oxygen atoms in total. The molecule has 1 aliphatic carbocycles. The van der Waals surface area contributed by atoms with Crippen LogP contribution in [0, 0.1) is 0 Å². The van der Waals surface area contributed by atoms with Crippen molar-refractivity contribution in [2.24, 2.45) is 0 Å². The van der Waals surface area contributed by atoms with E-state index in [0.29, 0.717) is 18.4 Å². The smallest absolute Gasteiger partial charge is 0.246 e. The second kappa shape index (κ2) is 8.86. The summed E-state index contributed by atoms with van der Waals surface area (Å²) in [6, 6.07) is 6.56. The molecular weight excluding hydrogens is 442 g/mol. The number of aromatic nitrogens is 2. The highest BCUT2D eigenvalue weighted by atomic mass is 16.5. The first kappa shape index (κ1) is 22.4. The number of ether oxygens (including phenoxy) is 1. The van der Waals surface area contributed by atoms with E-state index in [9.17, 15) is 4.79 Å². The zero-order valence-corrected chi connectivity index (χ0v) is 20.7. The maximum absolute atomic E-state index is 13.0. The van der Waals surface area contributed by atoms with Crippen LogP contribution < -0.4 is 25.2 Å². The quantitative estimate of drug-likeness (QED) is 0.680. The lowest BCUT2D eigenvalue weighted by atomic mass is 9.91. The molecule has 1 aromatic heterocycles. The third-order valence-corrected chi connectivity index (χ3v) is 8.23. The standard InChI is InChI=1S/C26H35N7O2/c1-31-11-13-32(14-12-31)21-8-7-19(15-22(21)35-2)29-25-28-17-18-16-26(9-10-27-24(26)34)33(23(18)30-25)20-5-3-4-6-20/h7-8,15,17,20H,3-6,9-14,16H2,1-2H3,(H,27,34)(H,28,29,30). The first-order valence-corrected chi connectivity index (χ1v) is 12.9.